The molecule has 1 aromatic rings. The van der Waals surface area contributed by atoms with Crippen LogP contribution in [0.25, 0.3) is 0 Å². The maximum Gasteiger partial charge on any atom is 0.165 e. The Morgan fingerprint density at radius 3 is 2.76 bits per heavy atom. The fraction of sp³-hybridized carbons (Fsp3) is 0.647. The van der Waals surface area contributed by atoms with Gasteiger partial charge in [-0.05, 0) is 38.7 Å². The molecule has 1 N–H and O–H groups in total. The Bertz CT molecular complexity index is 419. The van der Waals surface area contributed by atoms with E-state index >= 15 is 0 Å². The van der Waals surface area contributed by atoms with Crippen molar-refractivity contribution in [3.63, 3.8) is 0 Å². The summed E-state index contributed by atoms with van der Waals surface area (Å²) in [5.41, 5.74) is 1.19. The first kappa shape index (κ1) is 16.1. The first-order valence-electron chi connectivity index (χ1n) is 8.15. The molecule has 0 saturated heterocycles. The van der Waals surface area contributed by atoms with Gasteiger partial charge in [-0.3, -0.25) is 0 Å². The van der Waals surface area contributed by atoms with Crippen LogP contribution in [0.5, 0.6) is 11.5 Å². The Kier molecular flexibility index (Phi) is 6.83. The van der Waals surface area contributed by atoms with E-state index in [1.165, 1.54) is 12.0 Å². The van der Waals surface area contributed by atoms with E-state index in [0.29, 0.717) is 0 Å². The van der Waals surface area contributed by atoms with Gasteiger partial charge < -0.3 is 19.7 Å². The van der Waals surface area contributed by atoms with Gasteiger partial charge in [-0.15, -0.1) is 0 Å². The number of rotatable bonds is 8. The smallest absolute Gasteiger partial charge is 0.165 e. The van der Waals surface area contributed by atoms with Gasteiger partial charge in [0.25, 0.3) is 0 Å². The average Bonchev–Trinajstić information content (AvgIpc) is 2.77. The number of ether oxygens (including phenoxy) is 2. The Hall–Kier alpha value is -1.26. The minimum atomic E-state index is 0.742. The quantitative estimate of drug-likeness (QED) is 0.747. The zero-order valence-corrected chi connectivity index (χ0v) is 13.4. The zero-order valence-electron chi connectivity index (χ0n) is 13.4. The molecule has 0 unspecified atom stereocenters. The summed E-state index contributed by atoms with van der Waals surface area (Å²) < 4.78 is 11.6. The number of fused-ring (bicyclic) bond motifs is 1. The maximum atomic E-state index is 5.84. The van der Waals surface area contributed by atoms with E-state index in [4.69, 9.17) is 9.47 Å². The second-order valence-electron chi connectivity index (χ2n) is 5.35. The summed E-state index contributed by atoms with van der Waals surface area (Å²) in [6.07, 6.45) is 2.12. The van der Waals surface area contributed by atoms with Crippen molar-refractivity contribution in [2.24, 2.45) is 0 Å². The molecular formula is C17H28N2O2. The molecule has 0 saturated carbocycles. The van der Waals surface area contributed by atoms with Crippen molar-refractivity contribution >= 4 is 0 Å². The van der Waals surface area contributed by atoms with Gasteiger partial charge in [0.15, 0.2) is 11.5 Å². The molecule has 0 bridgehead atoms. The second-order valence-corrected chi connectivity index (χ2v) is 5.35. The van der Waals surface area contributed by atoms with E-state index in [-0.39, 0.29) is 0 Å². The highest BCUT2D eigenvalue weighted by atomic mass is 16.5. The molecule has 0 radical (unpaired) electrons. The van der Waals surface area contributed by atoms with E-state index in [1.807, 2.05) is 12.1 Å². The lowest BCUT2D eigenvalue weighted by molar-refractivity contribution is 0.294. The van der Waals surface area contributed by atoms with Gasteiger partial charge in [-0.25, -0.2) is 0 Å². The van der Waals surface area contributed by atoms with Crippen molar-refractivity contribution in [2.45, 2.75) is 33.2 Å². The molecule has 0 amide bonds. The summed E-state index contributed by atoms with van der Waals surface area (Å²) in [5.74, 6) is 1.81. The van der Waals surface area contributed by atoms with Gasteiger partial charge in [-0.1, -0.05) is 26.0 Å². The third-order valence-electron chi connectivity index (χ3n) is 3.89. The van der Waals surface area contributed by atoms with Crippen molar-refractivity contribution in [3.05, 3.63) is 23.8 Å². The van der Waals surface area contributed by atoms with E-state index in [1.54, 1.807) is 0 Å². The molecule has 0 spiro atoms. The lowest BCUT2D eigenvalue weighted by atomic mass is 10.2. The molecule has 0 atom stereocenters. The summed E-state index contributed by atoms with van der Waals surface area (Å²) in [6, 6.07) is 6.15. The highest BCUT2D eigenvalue weighted by molar-refractivity contribution is 5.46. The molecule has 1 aromatic carbocycles. The molecule has 1 aliphatic heterocycles. The van der Waals surface area contributed by atoms with Gasteiger partial charge >= 0.3 is 0 Å². The van der Waals surface area contributed by atoms with Crippen LogP contribution in [0.2, 0.25) is 0 Å². The van der Waals surface area contributed by atoms with E-state index < -0.39 is 0 Å². The monoisotopic (exact) mass is 292 g/mol. The van der Waals surface area contributed by atoms with Gasteiger partial charge in [0.2, 0.25) is 0 Å². The summed E-state index contributed by atoms with van der Waals surface area (Å²) in [4.78, 5) is 2.45. The van der Waals surface area contributed by atoms with Crippen LogP contribution >= 0.6 is 0 Å². The first-order valence-corrected chi connectivity index (χ1v) is 8.15. The number of hydrogen-bond donors (Lipinski definition) is 1. The molecule has 1 aliphatic rings. The van der Waals surface area contributed by atoms with Crippen LogP contribution in [0.1, 0.15) is 32.3 Å². The molecule has 1 heterocycles. The zero-order chi connectivity index (χ0) is 14.9. The molecule has 118 valence electrons. The lowest BCUT2D eigenvalue weighted by Crippen LogP contribution is -2.27. The van der Waals surface area contributed by atoms with Crippen molar-refractivity contribution < 1.29 is 9.47 Å². The van der Waals surface area contributed by atoms with Gasteiger partial charge in [-0.2, -0.15) is 0 Å². The van der Waals surface area contributed by atoms with Crippen LogP contribution in [0.4, 0.5) is 0 Å². The highest BCUT2D eigenvalue weighted by Crippen LogP contribution is 2.33. The molecular weight excluding hydrogens is 264 g/mol. The van der Waals surface area contributed by atoms with Crippen molar-refractivity contribution in [1.82, 2.24) is 10.2 Å². The minimum absolute atomic E-state index is 0.742. The molecule has 2 rings (SSSR count). The SMILES string of the molecule is CCN(CC)CCCNCc1cccc2c1OCCCO2. The Balaban J connectivity index is 1.78. The van der Waals surface area contributed by atoms with Gasteiger partial charge in [0, 0.05) is 18.5 Å². The summed E-state index contributed by atoms with van der Waals surface area (Å²) >= 11 is 0. The lowest BCUT2D eigenvalue weighted by Gasteiger charge is -2.18. The van der Waals surface area contributed by atoms with Crippen LogP contribution < -0.4 is 14.8 Å². The normalized spacial score (nSPS) is 14.2. The first-order chi connectivity index (χ1) is 10.3. The van der Waals surface area contributed by atoms with Gasteiger partial charge in [0.1, 0.15) is 0 Å². The van der Waals surface area contributed by atoms with E-state index in [2.05, 4.69) is 30.1 Å². The molecule has 4 heteroatoms. The standard InChI is InChI=1S/C17H28N2O2/c1-3-19(4-2)11-6-10-18-14-15-8-5-9-16-17(15)21-13-7-12-20-16/h5,8-9,18H,3-4,6-7,10-14H2,1-2H3. The average molecular weight is 292 g/mol. The molecule has 4 nitrogen and oxygen atoms in total. The molecule has 0 aliphatic carbocycles. The molecule has 0 aromatic heterocycles. The van der Waals surface area contributed by atoms with Crippen LogP contribution in [-0.2, 0) is 6.54 Å². The number of para-hydroxylation sites is 1. The van der Waals surface area contributed by atoms with Crippen LogP contribution in [-0.4, -0.2) is 44.3 Å². The third kappa shape index (κ3) is 4.90. The van der Waals surface area contributed by atoms with Crippen molar-refractivity contribution in [3.8, 4) is 11.5 Å². The molecule has 21 heavy (non-hydrogen) atoms. The largest absolute Gasteiger partial charge is 0.490 e. The van der Waals surface area contributed by atoms with Crippen molar-refractivity contribution in [1.29, 1.82) is 0 Å². The predicted octanol–water partition coefficient (Wildman–Crippen LogP) is 2.67. The summed E-state index contributed by atoms with van der Waals surface area (Å²) in [6.45, 7) is 11.2. The van der Waals surface area contributed by atoms with Crippen LogP contribution in [0.15, 0.2) is 18.2 Å². The number of hydrogen-bond acceptors (Lipinski definition) is 4. The summed E-state index contributed by atoms with van der Waals surface area (Å²) in [7, 11) is 0. The second kappa shape index (κ2) is 8.90. The van der Waals surface area contributed by atoms with E-state index in [9.17, 15) is 0 Å². The Morgan fingerprint density at radius 1 is 1.14 bits per heavy atom. The number of benzene rings is 1. The third-order valence-corrected chi connectivity index (χ3v) is 3.89. The number of nitrogens with one attached hydrogen (secondary N) is 1. The van der Waals surface area contributed by atoms with Gasteiger partial charge in [0.05, 0.1) is 13.2 Å². The Morgan fingerprint density at radius 2 is 1.95 bits per heavy atom. The topological polar surface area (TPSA) is 33.7 Å². The van der Waals surface area contributed by atoms with E-state index in [0.717, 1.165) is 63.9 Å². The Labute approximate surface area is 128 Å². The predicted molar refractivity (Wildman–Crippen MR) is 86.2 cm³/mol. The van der Waals surface area contributed by atoms with Crippen molar-refractivity contribution in [2.75, 3.05) is 39.4 Å². The van der Waals surface area contributed by atoms with Crippen LogP contribution in [0.3, 0.4) is 0 Å². The minimum Gasteiger partial charge on any atom is -0.490 e. The fourth-order valence-corrected chi connectivity index (χ4v) is 2.58. The summed E-state index contributed by atoms with van der Waals surface area (Å²) in [5, 5.41) is 3.51. The van der Waals surface area contributed by atoms with Crippen LogP contribution in [0, 0.1) is 0 Å². The number of nitrogens with zero attached hydrogens (tertiary/aromatic N) is 1. The highest BCUT2D eigenvalue weighted by Gasteiger charge is 2.13. The molecule has 0 fully saturated rings. The maximum absolute atomic E-state index is 5.84. The fourth-order valence-electron chi connectivity index (χ4n) is 2.58.